The van der Waals surface area contributed by atoms with Gasteiger partial charge in [-0.05, 0) is 24.3 Å². The number of carbonyl (C=O) groups excluding carboxylic acids is 1. The Bertz CT molecular complexity index is 431. The number of carbonyl (C=O) groups is 1. The molecule has 94 valence electrons. The molecule has 0 radical (unpaired) electrons. The van der Waals surface area contributed by atoms with Crippen LogP contribution in [0.2, 0.25) is 5.02 Å². The molecule has 3 nitrogen and oxygen atoms in total. The van der Waals surface area contributed by atoms with Gasteiger partial charge < -0.3 is 11.1 Å². The minimum absolute atomic E-state index is 0.209. The average Bonchev–Trinajstić information content (AvgIpc) is 2.59. The fourth-order valence-corrected chi connectivity index (χ4v) is 2.74. The lowest BCUT2D eigenvalue weighted by atomic mass is 10.1. The maximum Gasteiger partial charge on any atom is 0.263 e. The summed E-state index contributed by atoms with van der Waals surface area (Å²) in [6, 6.07) is -0.263. The summed E-state index contributed by atoms with van der Waals surface area (Å²) in [5.74, 6) is -0.209. The van der Waals surface area contributed by atoms with Crippen LogP contribution >= 0.6 is 35.2 Å². The van der Waals surface area contributed by atoms with E-state index in [9.17, 15) is 4.79 Å². The Kier molecular flexibility index (Phi) is 5.36. The lowest BCUT2D eigenvalue weighted by molar-refractivity contribution is 0.0950. The van der Waals surface area contributed by atoms with Gasteiger partial charge in [-0.1, -0.05) is 37.2 Å². The topological polar surface area (TPSA) is 55.1 Å². The first-order valence-corrected chi connectivity index (χ1v) is 6.97. The molecule has 0 bridgehead atoms. The number of thiophene rings is 1. The standard InChI is InChI=1S/C11H15ClN2OS2/c1-3-4-7(10(13)16)14-11(15)9-8(12)6(2)5-17-9/h5,7H,3-4H2,1-2H3,(H2,13,16)(H,14,15). The third-order valence-corrected chi connectivity index (χ3v) is 4.31. The van der Waals surface area contributed by atoms with Crippen molar-refractivity contribution in [1.82, 2.24) is 5.32 Å². The van der Waals surface area contributed by atoms with E-state index in [4.69, 9.17) is 29.6 Å². The van der Waals surface area contributed by atoms with E-state index in [0.29, 0.717) is 14.9 Å². The Morgan fingerprint density at radius 2 is 2.35 bits per heavy atom. The van der Waals surface area contributed by atoms with Gasteiger partial charge >= 0.3 is 0 Å². The van der Waals surface area contributed by atoms with Gasteiger partial charge in [0.25, 0.3) is 5.91 Å². The zero-order valence-corrected chi connectivity index (χ0v) is 12.1. The number of amides is 1. The van der Waals surface area contributed by atoms with Crippen LogP contribution in [0.5, 0.6) is 0 Å². The Balaban J connectivity index is 2.77. The molecule has 0 saturated heterocycles. The first-order chi connectivity index (χ1) is 7.97. The Morgan fingerprint density at radius 1 is 1.71 bits per heavy atom. The van der Waals surface area contributed by atoms with Crippen LogP contribution in [0.25, 0.3) is 0 Å². The van der Waals surface area contributed by atoms with Crippen LogP contribution in [0.15, 0.2) is 5.38 Å². The van der Waals surface area contributed by atoms with Gasteiger partial charge in [-0.15, -0.1) is 11.3 Å². The zero-order chi connectivity index (χ0) is 13.0. The monoisotopic (exact) mass is 290 g/mol. The first kappa shape index (κ1) is 14.4. The van der Waals surface area contributed by atoms with Gasteiger partial charge in [-0.2, -0.15) is 0 Å². The molecule has 1 heterocycles. The molecule has 0 spiro atoms. The van der Waals surface area contributed by atoms with E-state index in [0.717, 1.165) is 18.4 Å². The summed E-state index contributed by atoms with van der Waals surface area (Å²) in [4.78, 5) is 12.8. The molecule has 6 heteroatoms. The molecule has 0 saturated carbocycles. The van der Waals surface area contributed by atoms with Gasteiger partial charge in [0.2, 0.25) is 0 Å². The van der Waals surface area contributed by atoms with Crippen LogP contribution in [-0.4, -0.2) is 16.9 Å². The third kappa shape index (κ3) is 3.66. The molecule has 17 heavy (non-hydrogen) atoms. The molecule has 1 amide bonds. The molecular formula is C11H15ClN2OS2. The summed E-state index contributed by atoms with van der Waals surface area (Å²) in [5, 5.41) is 5.17. The van der Waals surface area contributed by atoms with Crippen LogP contribution in [0, 0.1) is 6.92 Å². The van der Waals surface area contributed by atoms with Crippen molar-refractivity contribution in [3.8, 4) is 0 Å². The number of hydrogen-bond acceptors (Lipinski definition) is 3. The van der Waals surface area contributed by atoms with Crippen molar-refractivity contribution in [2.75, 3.05) is 0 Å². The third-order valence-electron chi connectivity index (χ3n) is 2.33. The Labute approximate surface area is 115 Å². The van der Waals surface area contributed by atoms with Gasteiger partial charge in [0.15, 0.2) is 0 Å². The van der Waals surface area contributed by atoms with Gasteiger partial charge in [0.1, 0.15) is 4.88 Å². The van der Waals surface area contributed by atoms with Crippen molar-refractivity contribution in [3.05, 3.63) is 20.8 Å². The number of nitrogens with one attached hydrogen (secondary N) is 1. The number of nitrogens with two attached hydrogens (primary N) is 1. The molecule has 0 aromatic carbocycles. The maximum absolute atomic E-state index is 12.0. The molecule has 0 aliphatic carbocycles. The molecule has 1 aromatic rings. The Hall–Kier alpha value is -0.650. The quantitative estimate of drug-likeness (QED) is 0.820. The van der Waals surface area contributed by atoms with E-state index in [1.807, 2.05) is 19.2 Å². The van der Waals surface area contributed by atoms with E-state index in [-0.39, 0.29) is 11.9 Å². The number of aryl methyl sites for hydroxylation is 1. The van der Waals surface area contributed by atoms with E-state index < -0.39 is 0 Å². The smallest absolute Gasteiger partial charge is 0.263 e. The summed E-state index contributed by atoms with van der Waals surface area (Å²) >= 11 is 12.3. The van der Waals surface area contributed by atoms with Gasteiger partial charge in [0.05, 0.1) is 16.1 Å². The minimum Gasteiger partial charge on any atom is -0.392 e. The van der Waals surface area contributed by atoms with Crippen molar-refractivity contribution >= 4 is 46.1 Å². The average molecular weight is 291 g/mol. The van der Waals surface area contributed by atoms with Crippen LogP contribution in [0.1, 0.15) is 35.0 Å². The van der Waals surface area contributed by atoms with Crippen molar-refractivity contribution in [2.24, 2.45) is 5.73 Å². The van der Waals surface area contributed by atoms with E-state index in [1.165, 1.54) is 11.3 Å². The highest BCUT2D eigenvalue weighted by molar-refractivity contribution is 7.80. The summed E-state index contributed by atoms with van der Waals surface area (Å²) in [5.41, 5.74) is 6.49. The van der Waals surface area contributed by atoms with E-state index >= 15 is 0 Å². The lowest BCUT2D eigenvalue weighted by Gasteiger charge is -2.16. The highest BCUT2D eigenvalue weighted by Gasteiger charge is 2.19. The second-order valence-electron chi connectivity index (χ2n) is 3.78. The molecule has 1 rings (SSSR count). The van der Waals surface area contributed by atoms with E-state index in [2.05, 4.69) is 5.32 Å². The van der Waals surface area contributed by atoms with Crippen molar-refractivity contribution in [2.45, 2.75) is 32.7 Å². The highest BCUT2D eigenvalue weighted by Crippen LogP contribution is 2.27. The van der Waals surface area contributed by atoms with Crippen molar-refractivity contribution < 1.29 is 4.79 Å². The fourth-order valence-electron chi connectivity index (χ4n) is 1.38. The molecule has 1 aromatic heterocycles. The molecule has 3 N–H and O–H groups in total. The van der Waals surface area contributed by atoms with Crippen molar-refractivity contribution in [1.29, 1.82) is 0 Å². The number of thiocarbonyl (C=S) groups is 1. The highest BCUT2D eigenvalue weighted by atomic mass is 35.5. The second kappa shape index (κ2) is 6.33. The predicted molar refractivity (Wildman–Crippen MR) is 77.0 cm³/mol. The normalized spacial score (nSPS) is 12.2. The SMILES string of the molecule is CCCC(NC(=O)c1scc(C)c1Cl)C(N)=S. The van der Waals surface area contributed by atoms with Crippen LogP contribution in [0.4, 0.5) is 0 Å². The number of rotatable bonds is 5. The Morgan fingerprint density at radius 3 is 2.76 bits per heavy atom. The molecule has 0 aliphatic rings. The predicted octanol–water partition coefficient (Wildman–Crippen LogP) is 2.89. The largest absolute Gasteiger partial charge is 0.392 e. The van der Waals surface area contributed by atoms with E-state index in [1.54, 1.807) is 0 Å². The molecule has 1 atom stereocenters. The molecule has 0 aliphatic heterocycles. The fraction of sp³-hybridized carbons (Fsp3) is 0.455. The second-order valence-corrected chi connectivity index (χ2v) is 5.51. The van der Waals surface area contributed by atoms with Crippen molar-refractivity contribution in [3.63, 3.8) is 0 Å². The minimum atomic E-state index is -0.263. The lowest BCUT2D eigenvalue weighted by Crippen LogP contribution is -2.43. The van der Waals surface area contributed by atoms with Crippen LogP contribution < -0.4 is 11.1 Å². The zero-order valence-electron chi connectivity index (χ0n) is 9.75. The summed E-state index contributed by atoms with van der Waals surface area (Å²) in [6.07, 6.45) is 1.64. The number of hydrogen-bond donors (Lipinski definition) is 2. The number of halogens is 1. The van der Waals surface area contributed by atoms with Gasteiger partial charge in [-0.3, -0.25) is 4.79 Å². The molecule has 0 fully saturated rings. The summed E-state index contributed by atoms with van der Waals surface area (Å²) < 4.78 is 0. The molecular weight excluding hydrogens is 276 g/mol. The van der Waals surface area contributed by atoms with Crippen LogP contribution in [-0.2, 0) is 0 Å². The summed E-state index contributed by atoms with van der Waals surface area (Å²) in [6.45, 7) is 3.88. The van der Waals surface area contributed by atoms with Gasteiger partial charge in [-0.25, -0.2) is 0 Å². The molecule has 1 unspecified atom stereocenters. The maximum atomic E-state index is 12.0. The summed E-state index contributed by atoms with van der Waals surface area (Å²) in [7, 11) is 0. The first-order valence-electron chi connectivity index (χ1n) is 5.31. The van der Waals surface area contributed by atoms with Crippen LogP contribution in [0.3, 0.4) is 0 Å². The van der Waals surface area contributed by atoms with Gasteiger partial charge in [0, 0.05) is 0 Å².